The molecule has 0 aliphatic heterocycles. The molecule has 0 saturated carbocycles. The number of rotatable bonds is 6. The van der Waals surface area contributed by atoms with E-state index in [0.717, 1.165) is 0 Å². The molecular formula is C11H17N3O3. The van der Waals surface area contributed by atoms with Crippen LogP contribution >= 0.6 is 0 Å². The molecule has 1 rings (SSSR count). The van der Waals surface area contributed by atoms with Gasteiger partial charge in [0.25, 0.3) is 0 Å². The zero-order valence-electron chi connectivity index (χ0n) is 9.92. The third-order valence-corrected chi connectivity index (χ3v) is 2.44. The van der Waals surface area contributed by atoms with Crippen LogP contribution in [0.25, 0.3) is 0 Å². The smallest absolute Gasteiger partial charge is 0.339 e. The van der Waals surface area contributed by atoms with Gasteiger partial charge in [-0.15, -0.1) is 0 Å². The molecule has 1 heterocycles. The number of carbonyl (C=O) groups is 1. The summed E-state index contributed by atoms with van der Waals surface area (Å²) < 4.78 is 0. The maximum absolute atomic E-state index is 10.9. The minimum absolute atomic E-state index is 0.0824. The summed E-state index contributed by atoms with van der Waals surface area (Å²) in [5.74, 6) is -0.890. The van der Waals surface area contributed by atoms with Crippen molar-refractivity contribution < 1.29 is 15.0 Å². The summed E-state index contributed by atoms with van der Waals surface area (Å²) >= 11 is 0. The second-order valence-corrected chi connectivity index (χ2v) is 4.13. The first kappa shape index (κ1) is 13.5. The van der Waals surface area contributed by atoms with Gasteiger partial charge < -0.3 is 15.5 Å². The van der Waals surface area contributed by atoms with Gasteiger partial charge in [-0.2, -0.15) is 0 Å². The summed E-state index contributed by atoms with van der Waals surface area (Å²) in [5, 5.41) is 21.5. The van der Waals surface area contributed by atoms with E-state index in [1.54, 1.807) is 0 Å². The summed E-state index contributed by atoms with van der Waals surface area (Å²) in [6.45, 7) is 4.54. The molecule has 0 bridgehead atoms. The summed E-state index contributed by atoms with van der Waals surface area (Å²) in [5.41, 5.74) is 0.502. The van der Waals surface area contributed by atoms with Crippen molar-refractivity contribution in [3.8, 4) is 0 Å². The molecule has 1 aromatic rings. The molecule has 0 fully saturated rings. The largest absolute Gasteiger partial charge is 0.478 e. The summed E-state index contributed by atoms with van der Waals surface area (Å²) in [6, 6.07) is 0. The highest BCUT2D eigenvalue weighted by molar-refractivity contribution is 5.88. The van der Waals surface area contributed by atoms with Gasteiger partial charge >= 0.3 is 5.97 Å². The lowest BCUT2D eigenvalue weighted by molar-refractivity contribution is 0.0694. The Kier molecular flexibility index (Phi) is 4.99. The van der Waals surface area contributed by atoms with Crippen molar-refractivity contribution in [2.75, 3.05) is 6.54 Å². The van der Waals surface area contributed by atoms with Gasteiger partial charge in [-0.1, -0.05) is 13.8 Å². The van der Waals surface area contributed by atoms with Gasteiger partial charge in [0, 0.05) is 19.3 Å². The minimum Gasteiger partial charge on any atom is -0.478 e. The molecular weight excluding hydrogens is 222 g/mol. The van der Waals surface area contributed by atoms with Crippen LogP contribution in [0, 0.1) is 5.92 Å². The number of aromatic carboxylic acids is 1. The Bertz CT molecular complexity index is 382. The van der Waals surface area contributed by atoms with Gasteiger partial charge in [0.1, 0.15) is 11.9 Å². The van der Waals surface area contributed by atoms with Crippen LogP contribution in [0.2, 0.25) is 0 Å². The van der Waals surface area contributed by atoms with Crippen LogP contribution in [0.5, 0.6) is 0 Å². The average molecular weight is 239 g/mol. The third-order valence-electron chi connectivity index (χ3n) is 2.44. The highest BCUT2D eigenvalue weighted by Crippen LogP contribution is 2.04. The molecule has 1 aromatic heterocycles. The number of nitrogens with one attached hydrogen (secondary N) is 1. The first-order valence-corrected chi connectivity index (χ1v) is 5.43. The van der Waals surface area contributed by atoms with Crippen molar-refractivity contribution in [3.05, 3.63) is 23.8 Å². The molecule has 94 valence electrons. The standard InChI is InChI=1S/C11H17N3O3/c1-7(2)10(15)5-12-4-9-8(11(16)17)3-13-6-14-9/h3,6-7,10,12,15H,4-5H2,1-2H3,(H,16,17). The first-order chi connectivity index (χ1) is 8.02. The Morgan fingerprint density at radius 3 is 2.82 bits per heavy atom. The maximum Gasteiger partial charge on any atom is 0.339 e. The van der Waals surface area contributed by atoms with Crippen LogP contribution in [-0.2, 0) is 6.54 Å². The van der Waals surface area contributed by atoms with Gasteiger partial charge in [0.15, 0.2) is 0 Å². The topological polar surface area (TPSA) is 95.3 Å². The number of nitrogens with zero attached hydrogens (tertiary/aromatic N) is 2. The molecule has 0 aromatic carbocycles. The van der Waals surface area contributed by atoms with E-state index in [4.69, 9.17) is 5.11 Å². The Morgan fingerprint density at radius 2 is 2.24 bits per heavy atom. The van der Waals surface area contributed by atoms with E-state index < -0.39 is 12.1 Å². The number of carboxylic acids is 1. The number of aliphatic hydroxyl groups excluding tert-OH is 1. The van der Waals surface area contributed by atoms with Crippen molar-refractivity contribution in [2.24, 2.45) is 5.92 Å². The van der Waals surface area contributed by atoms with Crippen molar-refractivity contribution in [2.45, 2.75) is 26.5 Å². The Balaban J connectivity index is 2.55. The number of carboxylic acid groups (broad SMARTS) is 1. The third kappa shape index (κ3) is 4.08. The SMILES string of the molecule is CC(C)C(O)CNCc1ncncc1C(=O)O. The second kappa shape index (κ2) is 6.27. The molecule has 0 aliphatic carbocycles. The molecule has 0 amide bonds. The lowest BCUT2D eigenvalue weighted by Gasteiger charge is -2.15. The van der Waals surface area contributed by atoms with E-state index in [1.807, 2.05) is 13.8 Å². The highest BCUT2D eigenvalue weighted by atomic mass is 16.4. The molecule has 1 unspecified atom stereocenters. The van der Waals surface area contributed by atoms with Crippen LogP contribution in [-0.4, -0.2) is 38.8 Å². The van der Waals surface area contributed by atoms with Crippen LogP contribution in [0.1, 0.15) is 29.9 Å². The van der Waals surface area contributed by atoms with E-state index in [-0.39, 0.29) is 11.5 Å². The van der Waals surface area contributed by atoms with Crippen LogP contribution in [0.15, 0.2) is 12.5 Å². The number of hydrogen-bond donors (Lipinski definition) is 3. The van der Waals surface area contributed by atoms with Gasteiger partial charge in [0.05, 0.1) is 11.8 Å². The van der Waals surface area contributed by atoms with Gasteiger partial charge in [-0.25, -0.2) is 14.8 Å². The molecule has 0 saturated heterocycles. The fourth-order valence-corrected chi connectivity index (χ4v) is 1.25. The maximum atomic E-state index is 10.9. The minimum atomic E-state index is -1.05. The normalized spacial score (nSPS) is 12.7. The quantitative estimate of drug-likeness (QED) is 0.660. The molecule has 6 heteroatoms. The monoisotopic (exact) mass is 239 g/mol. The van der Waals surface area contributed by atoms with E-state index in [9.17, 15) is 9.90 Å². The fourth-order valence-electron chi connectivity index (χ4n) is 1.25. The molecule has 0 radical (unpaired) electrons. The van der Waals surface area contributed by atoms with E-state index in [1.165, 1.54) is 12.5 Å². The van der Waals surface area contributed by atoms with Gasteiger partial charge in [-0.3, -0.25) is 0 Å². The zero-order chi connectivity index (χ0) is 12.8. The van der Waals surface area contributed by atoms with Crippen molar-refractivity contribution in [1.82, 2.24) is 15.3 Å². The first-order valence-electron chi connectivity index (χ1n) is 5.43. The highest BCUT2D eigenvalue weighted by Gasteiger charge is 2.12. The average Bonchev–Trinajstić information content (AvgIpc) is 2.29. The van der Waals surface area contributed by atoms with Gasteiger partial charge in [0.2, 0.25) is 0 Å². The number of aliphatic hydroxyl groups is 1. The van der Waals surface area contributed by atoms with Crippen LogP contribution < -0.4 is 5.32 Å². The molecule has 0 aliphatic rings. The van der Waals surface area contributed by atoms with Crippen molar-refractivity contribution in [3.63, 3.8) is 0 Å². The molecule has 17 heavy (non-hydrogen) atoms. The molecule has 0 spiro atoms. The Labute approximate surface area is 99.7 Å². The zero-order valence-corrected chi connectivity index (χ0v) is 9.92. The predicted molar refractivity (Wildman–Crippen MR) is 61.5 cm³/mol. The molecule has 3 N–H and O–H groups in total. The van der Waals surface area contributed by atoms with Crippen molar-refractivity contribution in [1.29, 1.82) is 0 Å². The van der Waals surface area contributed by atoms with Crippen LogP contribution in [0.4, 0.5) is 0 Å². The summed E-state index contributed by atoms with van der Waals surface area (Å²) in [6.07, 6.45) is 2.12. The number of aromatic nitrogens is 2. The van der Waals surface area contributed by atoms with Gasteiger partial charge in [-0.05, 0) is 5.92 Å². The van der Waals surface area contributed by atoms with Crippen LogP contribution in [0.3, 0.4) is 0 Å². The molecule has 1 atom stereocenters. The molecule has 6 nitrogen and oxygen atoms in total. The predicted octanol–water partition coefficient (Wildman–Crippen LogP) is 0.281. The lowest BCUT2D eigenvalue weighted by Crippen LogP contribution is -2.30. The summed E-state index contributed by atoms with van der Waals surface area (Å²) in [4.78, 5) is 18.4. The summed E-state index contributed by atoms with van der Waals surface area (Å²) in [7, 11) is 0. The Morgan fingerprint density at radius 1 is 1.53 bits per heavy atom. The van der Waals surface area contributed by atoms with E-state index in [0.29, 0.717) is 18.8 Å². The van der Waals surface area contributed by atoms with Crippen molar-refractivity contribution >= 4 is 5.97 Å². The second-order valence-electron chi connectivity index (χ2n) is 4.13. The number of hydrogen-bond acceptors (Lipinski definition) is 5. The fraction of sp³-hybridized carbons (Fsp3) is 0.545. The van der Waals surface area contributed by atoms with E-state index in [2.05, 4.69) is 15.3 Å². The lowest BCUT2D eigenvalue weighted by atomic mass is 10.1. The van der Waals surface area contributed by atoms with E-state index >= 15 is 0 Å². The Hall–Kier alpha value is -1.53.